The molecule has 0 radical (unpaired) electrons. The maximum Gasteiger partial charge on any atom is 0.126 e. The Hall–Kier alpha value is -0.410. The Labute approximate surface area is 85.7 Å². The van der Waals surface area contributed by atoms with Gasteiger partial charge in [0.05, 0.1) is 0 Å². The topological polar surface area (TPSA) is 20.2 Å². The van der Waals surface area contributed by atoms with Crippen molar-refractivity contribution >= 4 is 15.9 Å². The number of hydrogen-bond acceptors (Lipinski definition) is 1. The fraction of sp³-hybridized carbons (Fsp3) is 0.400. The van der Waals surface area contributed by atoms with Crippen molar-refractivity contribution in [1.82, 2.24) is 0 Å². The van der Waals surface area contributed by atoms with E-state index in [1.54, 1.807) is 12.1 Å². The van der Waals surface area contributed by atoms with Crippen LogP contribution in [0.4, 0.5) is 4.39 Å². The van der Waals surface area contributed by atoms with Gasteiger partial charge in [0.1, 0.15) is 5.82 Å². The molecule has 0 saturated heterocycles. The summed E-state index contributed by atoms with van der Waals surface area (Å²) in [7, 11) is 0. The van der Waals surface area contributed by atoms with Gasteiger partial charge in [-0.25, -0.2) is 4.39 Å². The molecule has 1 N–H and O–H groups in total. The second-order valence-electron chi connectivity index (χ2n) is 3.08. The van der Waals surface area contributed by atoms with E-state index in [1.165, 1.54) is 6.07 Å². The average Bonchev–Trinajstić information content (AvgIpc) is 2.09. The first-order chi connectivity index (χ1) is 6.15. The smallest absolute Gasteiger partial charge is 0.126 e. The Morgan fingerprint density at radius 3 is 2.85 bits per heavy atom. The summed E-state index contributed by atoms with van der Waals surface area (Å²) in [6, 6.07) is 4.87. The van der Waals surface area contributed by atoms with E-state index in [2.05, 4.69) is 15.9 Å². The molecule has 0 heterocycles. The van der Waals surface area contributed by atoms with Gasteiger partial charge in [-0.15, -0.1) is 0 Å². The lowest BCUT2D eigenvalue weighted by atomic mass is 9.98. The molecule has 0 spiro atoms. The SMILES string of the molecule is CC(CCO)c1cc(Br)ccc1F. The highest BCUT2D eigenvalue weighted by Crippen LogP contribution is 2.24. The highest BCUT2D eigenvalue weighted by Gasteiger charge is 2.10. The Morgan fingerprint density at radius 1 is 1.54 bits per heavy atom. The van der Waals surface area contributed by atoms with Crippen LogP contribution in [-0.2, 0) is 0 Å². The lowest BCUT2D eigenvalue weighted by Crippen LogP contribution is -1.99. The third-order valence-electron chi connectivity index (χ3n) is 2.05. The average molecular weight is 247 g/mol. The van der Waals surface area contributed by atoms with Gasteiger partial charge in [0, 0.05) is 11.1 Å². The molecule has 0 aliphatic heterocycles. The fourth-order valence-corrected chi connectivity index (χ4v) is 1.62. The quantitative estimate of drug-likeness (QED) is 0.870. The zero-order valence-electron chi connectivity index (χ0n) is 7.43. The summed E-state index contributed by atoms with van der Waals surface area (Å²) in [5, 5.41) is 8.72. The first kappa shape index (κ1) is 10.7. The van der Waals surface area contributed by atoms with Gasteiger partial charge in [-0.3, -0.25) is 0 Å². The van der Waals surface area contributed by atoms with Gasteiger partial charge in [-0.2, -0.15) is 0 Å². The van der Waals surface area contributed by atoms with Crippen LogP contribution in [0.1, 0.15) is 24.8 Å². The molecule has 0 bridgehead atoms. The highest BCUT2D eigenvalue weighted by molar-refractivity contribution is 9.10. The summed E-state index contributed by atoms with van der Waals surface area (Å²) >= 11 is 3.29. The molecular formula is C10H12BrFO. The van der Waals surface area contributed by atoms with Gasteiger partial charge in [0.15, 0.2) is 0 Å². The van der Waals surface area contributed by atoms with Gasteiger partial charge in [0.25, 0.3) is 0 Å². The minimum atomic E-state index is -0.204. The van der Waals surface area contributed by atoms with Crippen molar-refractivity contribution in [2.24, 2.45) is 0 Å². The molecule has 1 nitrogen and oxygen atoms in total. The molecule has 1 unspecified atom stereocenters. The maximum atomic E-state index is 13.2. The van der Waals surface area contributed by atoms with Crippen molar-refractivity contribution < 1.29 is 9.50 Å². The van der Waals surface area contributed by atoms with Crippen molar-refractivity contribution in [2.75, 3.05) is 6.61 Å². The Bertz CT molecular complexity index is 288. The van der Waals surface area contributed by atoms with Crippen LogP contribution < -0.4 is 0 Å². The molecule has 3 heteroatoms. The van der Waals surface area contributed by atoms with Gasteiger partial charge in [0.2, 0.25) is 0 Å². The summed E-state index contributed by atoms with van der Waals surface area (Å²) in [4.78, 5) is 0. The lowest BCUT2D eigenvalue weighted by molar-refractivity contribution is 0.277. The third kappa shape index (κ3) is 2.78. The summed E-state index contributed by atoms with van der Waals surface area (Å²) < 4.78 is 14.1. The lowest BCUT2D eigenvalue weighted by Gasteiger charge is -2.11. The van der Waals surface area contributed by atoms with Crippen molar-refractivity contribution in [3.8, 4) is 0 Å². The molecular weight excluding hydrogens is 235 g/mol. The summed E-state index contributed by atoms with van der Waals surface area (Å²) in [5.74, 6) is -0.147. The van der Waals surface area contributed by atoms with Gasteiger partial charge in [-0.05, 0) is 36.1 Å². The second kappa shape index (κ2) is 4.72. The minimum Gasteiger partial charge on any atom is -0.396 e. The van der Waals surface area contributed by atoms with E-state index in [1.807, 2.05) is 6.92 Å². The van der Waals surface area contributed by atoms with Gasteiger partial charge >= 0.3 is 0 Å². The summed E-state index contributed by atoms with van der Waals surface area (Å²) in [6.45, 7) is 1.99. The number of hydrogen-bond donors (Lipinski definition) is 1. The van der Waals surface area contributed by atoms with E-state index < -0.39 is 0 Å². The minimum absolute atomic E-state index is 0.0579. The van der Waals surface area contributed by atoms with Crippen LogP contribution in [0.15, 0.2) is 22.7 Å². The molecule has 0 fully saturated rings. The molecule has 0 aliphatic rings. The monoisotopic (exact) mass is 246 g/mol. The predicted octanol–water partition coefficient (Wildman–Crippen LogP) is 3.07. The largest absolute Gasteiger partial charge is 0.396 e. The van der Waals surface area contributed by atoms with E-state index in [9.17, 15) is 4.39 Å². The first-order valence-corrected chi connectivity index (χ1v) is 5.00. The van der Waals surface area contributed by atoms with Crippen LogP contribution in [0, 0.1) is 5.82 Å². The number of rotatable bonds is 3. The second-order valence-corrected chi connectivity index (χ2v) is 3.99. The van der Waals surface area contributed by atoms with Crippen LogP contribution in [0.3, 0.4) is 0 Å². The first-order valence-electron chi connectivity index (χ1n) is 4.21. The normalized spacial score (nSPS) is 12.9. The molecule has 0 aliphatic carbocycles. The predicted molar refractivity (Wildman–Crippen MR) is 54.2 cm³/mol. The van der Waals surface area contributed by atoms with E-state index in [0.29, 0.717) is 12.0 Å². The third-order valence-corrected chi connectivity index (χ3v) is 2.54. The molecule has 1 aromatic rings. The highest BCUT2D eigenvalue weighted by atomic mass is 79.9. The van der Waals surface area contributed by atoms with Crippen LogP contribution >= 0.6 is 15.9 Å². The van der Waals surface area contributed by atoms with Crippen LogP contribution in [-0.4, -0.2) is 11.7 Å². The van der Waals surface area contributed by atoms with Crippen molar-refractivity contribution in [3.63, 3.8) is 0 Å². The van der Waals surface area contributed by atoms with E-state index in [0.717, 1.165) is 4.47 Å². The number of halogens is 2. The van der Waals surface area contributed by atoms with Crippen LogP contribution in [0.25, 0.3) is 0 Å². The zero-order valence-corrected chi connectivity index (χ0v) is 9.01. The van der Waals surface area contributed by atoms with Gasteiger partial charge < -0.3 is 5.11 Å². The zero-order chi connectivity index (χ0) is 9.84. The Balaban J connectivity index is 2.91. The molecule has 1 atom stereocenters. The molecule has 0 amide bonds. The standard InChI is InChI=1S/C10H12BrFO/c1-7(4-5-13)9-6-8(11)2-3-10(9)12/h2-3,6-7,13H,4-5H2,1H3. The van der Waals surface area contributed by atoms with Crippen LogP contribution in [0.5, 0.6) is 0 Å². The number of aliphatic hydroxyl groups excluding tert-OH is 1. The summed E-state index contributed by atoms with van der Waals surface area (Å²) in [6.07, 6.45) is 0.591. The Morgan fingerprint density at radius 2 is 2.23 bits per heavy atom. The van der Waals surface area contributed by atoms with E-state index in [-0.39, 0.29) is 18.3 Å². The fourth-order valence-electron chi connectivity index (χ4n) is 1.24. The molecule has 0 aromatic heterocycles. The van der Waals surface area contributed by atoms with Crippen molar-refractivity contribution in [3.05, 3.63) is 34.1 Å². The molecule has 1 aromatic carbocycles. The number of benzene rings is 1. The molecule has 0 saturated carbocycles. The summed E-state index contributed by atoms with van der Waals surface area (Å²) in [5.41, 5.74) is 0.656. The van der Waals surface area contributed by atoms with Crippen molar-refractivity contribution in [2.45, 2.75) is 19.3 Å². The van der Waals surface area contributed by atoms with E-state index in [4.69, 9.17) is 5.11 Å². The van der Waals surface area contributed by atoms with Crippen molar-refractivity contribution in [1.29, 1.82) is 0 Å². The number of aliphatic hydroxyl groups is 1. The van der Waals surface area contributed by atoms with Gasteiger partial charge in [-0.1, -0.05) is 22.9 Å². The maximum absolute atomic E-state index is 13.2. The molecule has 13 heavy (non-hydrogen) atoms. The molecule has 72 valence electrons. The molecule has 1 rings (SSSR count). The Kier molecular flexibility index (Phi) is 3.88. The van der Waals surface area contributed by atoms with E-state index >= 15 is 0 Å². The van der Waals surface area contributed by atoms with Crippen LogP contribution in [0.2, 0.25) is 0 Å².